The Kier molecular flexibility index (Phi) is 4.16. The Morgan fingerprint density at radius 1 is 1.55 bits per heavy atom. The lowest BCUT2D eigenvalue weighted by molar-refractivity contribution is 0.0520. The molecule has 5 heteroatoms. The molecule has 0 amide bonds. The molecule has 20 heavy (non-hydrogen) atoms. The minimum absolute atomic E-state index is 0.0148. The molecule has 0 aliphatic heterocycles. The van der Waals surface area contributed by atoms with Gasteiger partial charge in [0.1, 0.15) is 0 Å². The fourth-order valence-electron chi connectivity index (χ4n) is 1.90. The topological polar surface area (TPSA) is 67.9 Å². The number of hydrogen-bond acceptors (Lipinski definition) is 4. The highest BCUT2D eigenvalue weighted by atomic mass is 16.5. The number of nitriles is 1. The van der Waals surface area contributed by atoms with Crippen LogP contribution in [-0.2, 0) is 4.74 Å². The summed E-state index contributed by atoms with van der Waals surface area (Å²) < 4.78 is 6.73. The third-order valence-electron chi connectivity index (χ3n) is 3.03. The van der Waals surface area contributed by atoms with Gasteiger partial charge in [0.2, 0.25) is 0 Å². The number of imidazole rings is 1. The molecule has 0 aliphatic rings. The molecule has 0 bridgehead atoms. The number of ether oxygens (including phenoxy) is 1. The van der Waals surface area contributed by atoms with Crippen molar-refractivity contribution < 1.29 is 9.53 Å². The number of hydrogen-bond donors (Lipinski definition) is 0. The summed E-state index contributed by atoms with van der Waals surface area (Å²) in [6.07, 6.45) is 3.25. The minimum atomic E-state index is -0.427. The van der Waals surface area contributed by atoms with Gasteiger partial charge in [0, 0.05) is 6.20 Å². The minimum Gasteiger partial charge on any atom is -0.461 e. The van der Waals surface area contributed by atoms with Gasteiger partial charge in [-0.1, -0.05) is 12.1 Å². The van der Waals surface area contributed by atoms with Gasteiger partial charge in [0.05, 0.1) is 30.6 Å². The van der Waals surface area contributed by atoms with Crippen molar-refractivity contribution in [3.05, 3.63) is 53.6 Å². The fourth-order valence-corrected chi connectivity index (χ4v) is 1.90. The molecule has 102 valence electrons. The molecule has 0 spiro atoms. The predicted molar refractivity (Wildman–Crippen MR) is 73.2 cm³/mol. The van der Waals surface area contributed by atoms with Crippen molar-refractivity contribution in [3.8, 4) is 6.07 Å². The number of carbonyl (C=O) groups excluding carboxylic acids is 1. The molecule has 5 nitrogen and oxygen atoms in total. The first-order chi connectivity index (χ1) is 9.65. The number of benzene rings is 1. The van der Waals surface area contributed by atoms with Gasteiger partial charge in [-0.3, -0.25) is 0 Å². The molecule has 2 rings (SSSR count). The van der Waals surface area contributed by atoms with E-state index in [1.165, 1.54) is 0 Å². The first-order valence-corrected chi connectivity index (χ1v) is 6.36. The lowest BCUT2D eigenvalue weighted by Crippen LogP contribution is -2.06. The second-order valence-electron chi connectivity index (χ2n) is 4.34. The summed E-state index contributed by atoms with van der Waals surface area (Å²) in [4.78, 5) is 15.6. The highest BCUT2D eigenvalue weighted by molar-refractivity contribution is 5.86. The number of esters is 1. The Labute approximate surface area is 117 Å². The third kappa shape index (κ3) is 2.86. The molecule has 2 aromatic rings. The molecule has 0 fully saturated rings. The van der Waals surface area contributed by atoms with Gasteiger partial charge in [-0.2, -0.15) is 5.26 Å². The maximum absolute atomic E-state index is 11.6. The lowest BCUT2D eigenvalue weighted by atomic mass is 10.1. The van der Waals surface area contributed by atoms with E-state index in [1.807, 2.05) is 29.7 Å². The predicted octanol–water partition coefficient (Wildman–Crippen LogP) is 2.54. The lowest BCUT2D eigenvalue weighted by Gasteiger charge is -2.13. The molecule has 0 radical (unpaired) electrons. The van der Waals surface area contributed by atoms with Crippen LogP contribution in [0.4, 0.5) is 0 Å². The van der Waals surface area contributed by atoms with Crippen molar-refractivity contribution in [2.45, 2.75) is 19.9 Å². The van der Waals surface area contributed by atoms with Crippen molar-refractivity contribution in [2.24, 2.45) is 0 Å². The molecule has 1 unspecified atom stereocenters. The standard InChI is InChI=1S/C15H15N3O2/c1-3-20-15(19)14-9-18(10-17-14)11(2)13-6-4-5-12(7-13)8-16/h4-7,9-11H,3H2,1-2H3. The van der Waals surface area contributed by atoms with Crippen molar-refractivity contribution in [2.75, 3.05) is 6.61 Å². The van der Waals surface area contributed by atoms with E-state index in [9.17, 15) is 4.79 Å². The Morgan fingerprint density at radius 2 is 2.35 bits per heavy atom. The number of nitrogens with zero attached hydrogens (tertiary/aromatic N) is 3. The molecule has 1 aromatic carbocycles. The highest BCUT2D eigenvalue weighted by Crippen LogP contribution is 2.19. The van der Waals surface area contributed by atoms with E-state index in [2.05, 4.69) is 11.1 Å². The van der Waals surface area contributed by atoms with Crippen molar-refractivity contribution in [3.63, 3.8) is 0 Å². The molecule has 0 aliphatic carbocycles. The van der Waals surface area contributed by atoms with Crippen molar-refractivity contribution in [1.82, 2.24) is 9.55 Å². The first-order valence-electron chi connectivity index (χ1n) is 6.36. The van der Waals surface area contributed by atoms with Gasteiger partial charge < -0.3 is 9.30 Å². The zero-order valence-corrected chi connectivity index (χ0v) is 11.4. The first kappa shape index (κ1) is 13.8. The summed E-state index contributed by atoms with van der Waals surface area (Å²) in [6.45, 7) is 4.06. The highest BCUT2D eigenvalue weighted by Gasteiger charge is 2.14. The molecular formula is C15H15N3O2. The molecular weight excluding hydrogens is 254 g/mol. The SMILES string of the molecule is CCOC(=O)c1cn(C(C)c2cccc(C#N)c2)cn1. The molecule has 0 saturated carbocycles. The molecule has 1 atom stereocenters. The monoisotopic (exact) mass is 269 g/mol. The van der Waals surface area contributed by atoms with Crippen LogP contribution in [0.15, 0.2) is 36.8 Å². The number of aromatic nitrogens is 2. The van der Waals surface area contributed by atoms with Crippen LogP contribution in [0.2, 0.25) is 0 Å². The smallest absolute Gasteiger partial charge is 0.358 e. The van der Waals surface area contributed by atoms with Crippen molar-refractivity contribution >= 4 is 5.97 Å². The van der Waals surface area contributed by atoms with E-state index in [0.29, 0.717) is 12.2 Å². The summed E-state index contributed by atoms with van der Waals surface area (Å²) in [5, 5.41) is 8.92. The Bertz CT molecular complexity index is 655. The summed E-state index contributed by atoms with van der Waals surface area (Å²) in [5.41, 5.74) is 1.88. The molecule has 0 N–H and O–H groups in total. The van der Waals surface area contributed by atoms with E-state index in [4.69, 9.17) is 10.00 Å². The summed E-state index contributed by atoms with van der Waals surface area (Å²) in [6, 6.07) is 9.47. The number of rotatable bonds is 4. The Morgan fingerprint density at radius 3 is 3.05 bits per heavy atom. The maximum Gasteiger partial charge on any atom is 0.358 e. The summed E-state index contributed by atoms with van der Waals surface area (Å²) in [7, 11) is 0. The second kappa shape index (κ2) is 6.02. The Hall–Kier alpha value is -2.61. The van der Waals surface area contributed by atoms with Gasteiger partial charge in [0.15, 0.2) is 5.69 Å². The maximum atomic E-state index is 11.6. The summed E-state index contributed by atoms with van der Waals surface area (Å²) >= 11 is 0. The van der Waals surface area contributed by atoms with E-state index in [1.54, 1.807) is 25.5 Å². The van der Waals surface area contributed by atoms with Crippen LogP contribution in [0, 0.1) is 11.3 Å². The number of carbonyl (C=O) groups is 1. The fraction of sp³-hybridized carbons (Fsp3) is 0.267. The zero-order valence-electron chi connectivity index (χ0n) is 11.4. The van der Waals surface area contributed by atoms with Gasteiger partial charge in [-0.05, 0) is 31.5 Å². The van der Waals surface area contributed by atoms with E-state index in [0.717, 1.165) is 5.56 Å². The van der Waals surface area contributed by atoms with Gasteiger partial charge >= 0.3 is 5.97 Å². The molecule has 1 aromatic heterocycles. The quantitative estimate of drug-likeness (QED) is 0.800. The average Bonchev–Trinajstić information content (AvgIpc) is 2.96. The van der Waals surface area contributed by atoms with Crippen LogP contribution < -0.4 is 0 Å². The van der Waals surface area contributed by atoms with Crippen LogP contribution in [0.25, 0.3) is 0 Å². The van der Waals surface area contributed by atoms with Gasteiger partial charge in [-0.15, -0.1) is 0 Å². The second-order valence-corrected chi connectivity index (χ2v) is 4.34. The van der Waals surface area contributed by atoms with E-state index < -0.39 is 5.97 Å². The third-order valence-corrected chi connectivity index (χ3v) is 3.03. The van der Waals surface area contributed by atoms with Crippen LogP contribution in [-0.4, -0.2) is 22.1 Å². The van der Waals surface area contributed by atoms with Crippen LogP contribution >= 0.6 is 0 Å². The van der Waals surface area contributed by atoms with E-state index >= 15 is 0 Å². The van der Waals surface area contributed by atoms with Crippen LogP contribution in [0.3, 0.4) is 0 Å². The van der Waals surface area contributed by atoms with Crippen LogP contribution in [0.5, 0.6) is 0 Å². The summed E-state index contributed by atoms with van der Waals surface area (Å²) in [5.74, 6) is -0.427. The van der Waals surface area contributed by atoms with Crippen molar-refractivity contribution in [1.29, 1.82) is 5.26 Å². The average molecular weight is 269 g/mol. The Balaban J connectivity index is 2.23. The molecule has 0 saturated heterocycles. The normalized spacial score (nSPS) is 11.7. The largest absolute Gasteiger partial charge is 0.461 e. The van der Waals surface area contributed by atoms with Gasteiger partial charge in [0.25, 0.3) is 0 Å². The molecule has 1 heterocycles. The van der Waals surface area contributed by atoms with Crippen LogP contribution in [0.1, 0.15) is 41.5 Å². The van der Waals surface area contributed by atoms with E-state index in [-0.39, 0.29) is 11.7 Å². The van der Waals surface area contributed by atoms with Gasteiger partial charge in [-0.25, -0.2) is 9.78 Å². The zero-order chi connectivity index (χ0) is 14.5.